The molecule has 1 unspecified atom stereocenters. The van der Waals surface area contributed by atoms with Crippen molar-refractivity contribution in [2.75, 3.05) is 20.2 Å². The molecule has 6 rings (SSSR count). The average Bonchev–Trinajstić information content (AvgIpc) is 3.61. The minimum Gasteiger partial charge on any atom is -0.453 e. The molecule has 0 radical (unpaired) electrons. The third kappa shape index (κ3) is 8.49. The van der Waals surface area contributed by atoms with E-state index in [1.54, 1.807) is 22.3 Å². The minimum atomic E-state index is -1.15. The lowest BCUT2D eigenvalue weighted by molar-refractivity contribution is -0.142. The largest absolute Gasteiger partial charge is 0.453 e. The Bertz CT molecular complexity index is 1900. The number of hydrazine groups is 1. The number of amides is 3. The van der Waals surface area contributed by atoms with E-state index in [2.05, 4.69) is 15.7 Å². The molecule has 1 aromatic heterocycles. The number of ether oxygens (including phenoxy) is 1. The number of fused-ring (bicyclic) bond motifs is 1. The van der Waals surface area contributed by atoms with Gasteiger partial charge >= 0.3 is 6.09 Å². The summed E-state index contributed by atoms with van der Waals surface area (Å²) in [5.41, 5.74) is 7.13. The Kier molecular flexibility index (Phi) is 11.8. The van der Waals surface area contributed by atoms with Crippen molar-refractivity contribution in [3.05, 3.63) is 126 Å². The summed E-state index contributed by atoms with van der Waals surface area (Å²) >= 11 is 0. The van der Waals surface area contributed by atoms with Gasteiger partial charge in [-0.05, 0) is 70.2 Å². The van der Waals surface area contributed by atoms with E-state index in [1.165, 1.54) is 7.11 Å². The maximum absolute atomic E-state index is 14.7. The lowest BCUT2D eigenvalue weighted by Gasteiger charge is -2.34. The van der Waals surface area contributed by atoms with Crippen LogP contribution in [0.3, 0.4) is 0 Å². The second kappa shape index (κ2) is 16.5. The molecule has 1 aliphatic carbocycles. The van der Waals surface area contributed by atoms with Crippen molar-refractivity contribution in [3.8, 4) is 11.1 Å². The van der Waals surface area contributed by atoms with Gasteiger partial charge in [-0.3, -0.25) is 20.0 Å². The average molecular weight is 734 g/mol. The van der Waals surface area contributed by atoms with Crippen LogP contribution in [0.4, 0.5) is 4.79 Å². The normalized spacial score (nSPS) is 21.5. The van der Waals surface area contributed by atoms with Gasteiger partial charge in [-0.1, -0.05) is 99.6 Å². The van der Waals surface area contributed by atoms with E-state index >= 15 is 0 Å². The second-order valence-corrected chi connectivity index (χ2v) is 15.6. The lowest BCUT2D eigenvalue weighted by Crippen LogP contribution is -2.57. The summed E-state index contributed by atoms with van der Waals surface area (Å²) < 4.78 is 4.82. The van der Waals surface area contributed by atoms with Gasteiger partial charge in [0.05, 0.1) is 30.8 Å². The summed E-state index contributed by atoms with van der Waals surface area (Å²) in [4.78, 5) is 46.7. The van der Waals surface area contributed by atoms with E-state index in [0.29, 0.717) is 38.8 Å². The standard InChI is InChI=1S/C43H51N5O6/c1-42(2,3)38(45-41(53)54-4)39(51)46-47(27-30-15-17-31(18-16-30)32-19-22-44-23-20-32)24-10-21-43(26-29-11-6-5-7-12-29)36(50)28-48(40(43)52)37-34-14-9-8-13-33(34)25-35(37)49/h5-9,11-20,22-23,35-38,49-50H,10,21,24-28H2,1-4H3,(H,45,53)(H,46,51)/t35-,36-,37?,38-,43+/m1/s1. The van der Waals surface area contributed by atoms with Gasteiger partial charge in [-0.2, -0.15) is 0 Å². The van der Waals surface area contributed by atoms with E-state index in [4.69, 9.17) is 4.74 Å². The molecule has 54 heavy (non-hydrogen) atoms. The predicted molar refractivity (Wildman–Crippen MR) is 205 cm³/mol. The molecule has 4 aromatic rings. The Morgan fingerprint density at radius 1 is 0.944 bits per heavy atom. The maximum atomic E-state index is 14.7. The molecule has 0 bridgehead atoms. The van der Waals surface area contributed by atoms with Gasteiger partial charge in [0.1, 0.15) is 6.04 Å². The number of pyridine rings is 1. The number of carbonyl (C=O) groups excluding carboxylic acids is 3. The van der Waals surface area contributed by atoms with Crippen LogP contribution in [-0.2, 0) is 33.7 Å². The molecule has 11 nitrogen and oxygen atoms in total. The van der Waals surface area contributed by atoms with E-state index in [-0.39, 0.29) is 12.5 Å². The number of alkyl carbamates (subject to hydrolysis) is 1. The van der Waals surface area contributed by atoms with Crippen LogP contribution in [0.5, 0.6) is 0 Å². The number of aliphatic hydroxyl groups excluding tert-OH is 2. The van der Waals surface area contributed by atoms with Gasteiger partial charge < -0.3 is 25.2 Å². The zero-order valence-electron chi connectivity index (χ0n) is 31.4. The van der Waals surface area contributed by atoms with Gasteiger partial charge in [-0.15, -0.1) is 0 Å². The number of likely N-dealkylation sites (tertiary alicyclic amines) is 1. The topological polar surface area (TPSA) is 144 Å². The molecule has 1 fully saturated rings. The number of carbonyl (C=O) groups is 3. The SMILES string of the molecule is COC(=O)N[C@H](C(=O)NN(CCC[C@@]1(Cc2ccccc2)C(=O)N(C2c3ccccc3C[C@H]2O)C[C@H]1O)Cc1ccc(-c2ccncc2)cc1)C(C)(C)C. The zero-order chi connectivity index (χ0) is 38.5. The number of nitrogens with zero attached hydrogens (tertiary/aromatic N) is 3. The number of β-amino-alcohol motifs (C(OH)–C–C–N with tert-alkyl or cyclic N) is 1. The number of hydrogen-bond acceptors (Lipinski definition) is 8. The van der Waals surface area contributed by atoms with Crippen molar-refractivity contribution >= 4 is 17.9 Å². The number of hydrogen-bond donors (Lipinski definition) is 4. The van der Waals surface area contributed by atoms with Crippen LogP contribution in [0.15, 0.2) is 103 Å². The number of rotatable bonds is 13. The summed E-state index contributed by atoms with van der Waals surface area (Å²) in [5, 5.41) is 27.6. The van der Waals surface area contributed by atoms with Crippen molar-refractivity contribution in [1.82, 2.24) is 25.6 Å². The zero-order valence-corrected chi connectivity index (χ0v) is 31.4. The molecule has 1 saturated heterocycles. The first-order valence-corrected chi connectivity index (χ1v) is 18.6. The molecular formula is C43H51N5O6. The first-order valence-electron chi connectivity index (χ1n) is 18.6. The second-order valence-electron chi connectivity index (χ2n) is 15.6. The Labute approximate surface area is 317 Å². The molecule has 284 valence electrons. The first kappa shape index (κ1) is 38.6. The van der Waals surface area contributed by atoms with Crippen LogP contribution in [-0.4, -0.2) is 81.5 Å². The summed E-state index contributed by atoms with van der Waals surface area (Å²) in [7, 11) is 1.26. The highest BCUT2D eigenvalue weighted by atomic mass is 16.5. The molecule has 1 aliphatic heterocycles. The fraction of sp³-hybridized carbons (Fsp3) is 0.395. The Morgan fingerprint density at radius 3 is 2.30 bits per heavy atom. The highest BCUT2D eigenvalue weighted by Crippen LogP contribution is 2.46. The van der Waals surface area contributed by atoms with E-state index in [1.807, 2.05) is 112 Å². The number of aliphatic hydroxyl groups is 2. The smallest absolute Gasteiger partial charge is 0.407 e. The number of benzene rings is 3. The van der Waals surface area contributed by atoms with Gasteiger partial charge in [-0.25, -0.2) is 9.80 Å². The fourth-order valence-corrected chi connectivity index (χ4v) is 7.96. The van der Waals surface area contributed by atoms with Gasteiger partial charge in [0.25, 0.3) is 5.91 Å². The molecule has 3 aromatic carbocycles. The Hall–Kier alpha value is -5.10. The summed E-state index contributed by atoms with van der Waals surface area (Å²) in [6.07, 6.45) is 2.60. The van der Waals surface area contributed by atoms with E-state index in [0.717, 1.165) is 33.4 Å². The van der Waals surface area contributed by atoms with Gasteiger partial charge in [0.2, 0.25) is 5.91 Å². The fourth-order valence-electron chi connectivity index (χ4n) is 7.96. The monoisotopic (exact) mass is 733 g/mol. The van der Waals surface area contributed by atoms with E-state index < -0.39 is 47.1 Å². The Morgan fingerprint density at radius 2 is 1.61 bits per heavy atom. The molecule has 11 heteroatoms. The highest BCUT2D eigenvalue weighted by Gasteiger charge is 2.56. The molecule has 3 amide bonds. The molecule has 2 heterocycles. The third-order valence-electron chi connectivity index (χ3n) is 10.8. The summed E-state index contributed by atoms with van der Waals surface area (Å²) in [6, 6.07) is 28.0. The highest BCUT2D eigenvalue weighted by molar-refractivity contribution is 5.87. The van der Waals surface area contributed by atoms with Crippen molar-refractivity contribution in [3.63, 3.8) is 0 Å². The molecule has 0 spiro atoms. The van der Waals surface area contributed by atoms with Crippen molar-refractivity contribution < 1.29 is 29.3 Å². The van der Waals surface area contributed by atoms with Crippen LogP contribution in [0, 0.1) is 10.8 Å². The molecule has 4 N–H and O–H groups in total. The van der Waals surface area contributed by atoms with Crippen LogP contribution in [0.25, 0.3) is 11.1 Å². The first-order chi connectivity index (χ1) is 25.9. The molecular weight excluding hydrogens is 683 g/mol. The maximum Gasteiger partial charge on any atom is 0.407 e. The lowest BCUT2D eigenvalue weighted by atomic mass is 9.74. The van der Waals surface area contributed by atoms with Gasteiger partial charge in [0, 0.05) is 38.4 Å². The van der Waals surface area contributed by atoms with E-state index in [9.17, 15) is 24.6 Å². The van der Waals surface area contributed by atoms with Gasteiger partial charge in [0.15, 0.2) is 0 Å². The third-order valence-corrected chi connectivity index (χ3v) is 10.8. The van der Waals surface area contributed by atoms with Crippen LogP contribution in [0.1, 0.15) is 61.9 Å². The Balaban J connectivity index is 1.26. The van der Waals surface area contributed by atoms with Crippen molar-refractivity contribution in [2.24, 2.45) is 10.8 Å². The summed E-state index contributed by atoms with van der Waals surface area (Å²) in [6.45, 7) is 6.39. The van der Waals surface area contributed by atoms with Crippen molar-refractivity contribution in [1.29, 1.82) is 0 Å². The number of nitrogens with one attached hydrogen (secondary N) is 2. The molecule has 2 aliphatic rings. The summed E-state index contributed by atoms with van der Waals surface area (Å²) in [5.74, 6) is -0.589. The van der Waals surface area contributed by atoms with Crippen LogP contribution >= 0.6 is 0 Å². The quantitative estimate of drug-likeness (QED) is 0.137. The molecule has 5 atom stereocenters. The number of aromatic nitrogens is 1. The predicted octanol–water partition coefficient (Wildman–Crippen LogP) is 5.22. The number of methoxy groups -OCH3 is 1. The minimum absolute atomic E-state index is 0.110. The van der Waals surface area contributed by atoms with Crippen LogP contribution in [0.2, 0.25) is 0 Å². The van der Waals surface area contributed by atoms with Crippen molar-refractivity contribution in [2.45, 2.75) is 77.3 Å². The van der Waals surface area contributed by atoms with Crippen LogP contribution < -0.4 is 10.7 Å². The molecule has 0 saturated carbocycles.